The largest absolute Gasteiger partial charge is 0.456 e. The third-order valence-electron chi connectivity index (χ3n) is 10.7. The first-order valence-electron chi connectivity index (χ1n) is 18.8. The summed E-state index contributed by atoms with van der Waals surface area (Å²) >= 11 is 0. The van der Waals surface area contributed by atoms with Crippen molar-refractivity contribution in [3.63, 3.8) is 0 Å². The second-order valence-corrected chi connectivity index (χ2v) is 14.0. The van der Waals surface area contributed by atoms with Crippen LogP contribution in [0.1, 0.15) is 0 Å². The maximum Gasteiger partial charge on any atom is 0.164 e. The van der Waals surface area contributed by atoms with Gasteiger partial charge in [0.05, 0.1) is 11.0 Å². The van der Waals surface area contributed by atoms with Crippen molar-refractivity contribution in [2.75, 3.05) is 0 Å². The molecule has 0 fully saturated rings. The summed E-state index contributed by atoms with van der Waals surface area (Å²) in [4.78, 5) is 15.5. The molecule has 5 nitrogen and oxygen atoms in total. The van der Waals surface area contributed by atoms with Gasteiger partial charge in [-0.3, -0.25) is 0 Å². The van der Waals surface area contributed by atoms with Crippen molar-refractivity contribution in [3.05, 3.63) is 194 Å². The van der Waals surface area contributed by atoms with Crippen LogP contribution in [0.4, 0.5) is 0 Å². The molecule has 0 bridgehead atoms. The van der Waals surface area contributed by atoms with Crippen LogP contribution in [0.25, 0.3) is 106 Å². The molecule has 0 saturated carbocycles. The van der Waals surface area contributed by atoms with Gasteiger partial charge in [0, 0.05) is 50.0 Å². The number of para-hydroxylation sites is 2. The number of hydrogen-bond acceptors (Lipinski definition) is 4. The van der Waals surface area contributed by atoms with Gasteiger partial charge in [0.2, 0.25) is 0 Å². The minimum Gasteiger partial charge on any atom is -0.456 e. The van der Waals surface area contributed by atoms with Gasteiger partial charge in [-0.25, -0.2) is 15.0 Å². The molecule has 11 aromatic rings. The highest BCUT2D eigenvalue weighted by Crippen LogP contribution is 2.42. The van der Waals surface area contributed by atoms with E-state index < -0.39 is 0 Å². The SMILES string of the molecule is c1ccc(-c2ccc(-c3nc(-c4ccccc4)nc(-c4cc(-c5ccccc5)c5c6ccccc6n(-c6ccc7c(c6)oc6ccccc67)c5c4)n3)cc2)cc1. The van der Waals surface area contributed by atoms with Gasteiger partial charge in [-0.2, -0.15) is 0 Å². The Labute approximate surface area is 322 Å². The standard InChI is InChI=1S/C51H32N4O/c1-4-14-33(15-5-1)34-24-26-37(27-25-34)50-52-49(36-18-8-3-9-19-36)53-51(54-50)38-30-43(35-16-6-2-7-17-35)48-42-21-10-12-22-44(42)55(45(48)31-38)39-28-29-41-40-20-11-13-23-46(40)56-47(41)32-39/h1-32H. The zero-order valence-corrected chi connectivity index (χ0v) is 30.2. The molecular weight excluding hydrogens is 685 g/mol. The molecule has 262 valence electrons. The lowest BCUT2D eigenvalue weighted by molar-refractivity contribution is 0.668. The molecule has 11 rings (SSSR count). The Morgan fingerprint density at radius 3 is 1.57 bits per heavy atom. The molecule has 3 heterocycles. The monoisotopic (exact) mass is 716 g/mol. The lowest BCUT2D eigenvalue weighted by Gasteiger charge is -2.13. The quantitative estimate of drug-likeness (QED) is 0.172. The maximum absolute atomic E-state index is 6.40. The van der Waals surface area contributed by atoms with Crippen molar-refractivity contribution in [1.29, 1.82) is 0 Å². The van der Waals surface area contributed by atoms with Crippen LogP contribution >= 0.6 is 0 Å². The Hall–Kier alpha value is -7.63. The zero-order chi connectivity index (χ0) is 37.0. The summed E-state index contributed by atoms with van der Waals surface area (Å²) in [6, 6.07) is 67.4. The summed E-state index contributed by atoms with van der Waals surface area (Å²) < 4.78 is 8.75. The summed E-state index contributed by atoms with van der Waals surface area (Å²) in [6.45, 7) is 0. The summed E-state index contributed by atoms with van der Waals surface area (Å²) in [5.41, 5.74) is 12.2. The summed E-state index contributed by atoms with van der Waals surface area (Å²) in [6.07, 6.45) is 0. The molecule has 0 saturated heterocycles. The Bertz CT molecular complexity index is 3220. The molecular formula is C51H32N4O. The van der Waals surface area contributed by atoms with E-state index in [4.69, 9.17) is 19.4 Å². The van der Waals surface area contributed by atoms with Crippen molar-refractivity contribution in [2.24, 2.45) is 0 Å². The van der Waals surface area contributed by atoms with Gasteiger partial charge in [-0.15, -0.1) is 0 Å². The Morgan fingerprint density at radius 2 is 0.857 bits per heavy atom. The van der Waals surface area contributed by atoms with E-state index in [9.17, 15) is 0 Å². The number of nitrogens with zero attached hydrogens (tertiary/aromatic N) is 4. The van der Waals surface area contributed by atoms with Crippen LogP contribution in [0.2, 0.25) is 0 Å². The summed E-state index contributed by atoms with van der Waals surface area (Å²) in [7, 11) is 0. The van der Waals surface area contributed by atoms with E-state index in [0.29, 0.717) is 17.5 Å². The van der Waals surface area contributed by atoms with Gasteiger partial charge in [0.25, 0.3) is 0 Å². The number of fused-ring (bicyclic) bond motifs is 6. The van der Waals surface area contributed by atoms with Gasteiger partial charge in [0.15, 0.2) is 17.5 Å². The number of hydrogen-bond donors (Lipinski definition) is 0. The highest BCUT2D eigenvalue weighted by Gasteiger charge is 2.21. The van der Waals surface area contributed by atoms with E-state index in [-0.39, 0.29) is 0 Å². The van der Waals surface area contributed by atoms with Crippen LogP contribution < -0.4 is 0 Å². The number of aromatic nitrogens is 4. The minimum absolute atomic E-state index is 0.601. The van der Waals surface area contributed by atoms with Crippen molar-refractivity contribution >= 4 is 43.7 Å². The van der Waals surface area contributed by atoms with Crippen LogP contribution in [0.15, 0.2) is 199 Å². The molecule has 0 aliphatic carbocycles. The van der Waals surface area contributed by atoms with Crippen LogP contribution in [-0.2, 0) is 0 Å². The maximum atomic E-state index is 6.40. The third kappa shape index (κ3) is 5.37. The second kappa shape index (κ2) is 13.0. The normalized spacial score (nSPS) is 11.6. The van der Waals surface area contributed by atoms with Crippen LogP contribution in [0.3, 0.4) is 0 Å². The van der Waals surface area contributed by atoms with E-state index in [1.165, 1.54) is 0 Å². The topological polar surface area (TPSA) is 56.7 Å². The molecule has 0 aliphatic heterocycles. The first-order chi connectivity index (χ1) is 27.7. The lowest BCUT2D eigenvalue weighted by Crippen LogP contribution is -2.01. The Balaban J connectivity index is 1.17. The second-order valence-electron chi connectivity index (χ2n) is 14.0. The predicted octanol–water partition coefficient (Wildman–Crippen LogP) is 13.2. The van der Waals surface area contributed by atoms with E-state index >= 15 is 0 Å². The van der Waals surface area contributed by atoms with Gasteiger partial charge in [0.1, 0.15) is 11.2 Å². The molecule has 0 N–H and O–H groups in total. The highest BCUT2D eigenvalue weighted by molar-refractivity contribution is 6.17. The van der Waals surface area contributed by atoms with Crippen molar-refractivity contribution < 1.29 is 4.42 Å². The molecule has 5 heteroatoms. The smallest absolute Gasteiger partial charge is 0.164 e. The average Bonchev–Trinajstić information content (AvgIpc) is 3.82. The average molecular weight is 717 g/mol. The molecule has 56 heavy (non-hydrogen) atoms. The zero-order valence-electron chi connectivity index (χ0n) is 30.2. The molecule has 0 spiro atoms. The van der Waals surface area contributed by atoms with Crippen LogP contribution in [0, 0.1) is 0 Å². The fourth-order valence-corrected chi connectivity index (χ4v) is 8.00. The number of rotatable bonds is 6. The van der Waals surface area contributed by atoms with E-state index in [1.807, 2.05) is 48.5 Å². The fourth-order valence-electron chi connectivity index (χ4n) is 8.00. The molecule has 3 aromatic heterocycles. The van der Waals surface area contributed by atoms with Crippen LogP contribution in [-0.4, -0.2) is 19.5 Å². The Kier molecular flexibility index (Phi) is 7.42. The van der Waals surface area contributed by atoms with Crippen molar-refractivity contribution in [1.82, 2.24) is 19.5 Å². The van der Waals surface area contributed by atoms with E-state index in [1.54, 1.807) is 0 Å². The fraction of sp³-hybridized carbons (Fsp3) is 0. The minimum atomic E-state index is 0.601. The molecule has 0 amide bonds. The molecule has 0 unspecified atom stereocenters. The molecule has 8 aromatic carbocycles. The number of furan rings is 1. The third-order valence-corrected chi connectivity index (χ3v) is 10.7. The van der Waals surface area contributed by atoms with Gasteiger partial charge >= 0.3 is 0 Å². The molecule has 0 atom stereocenters. The first-order valence-corrected chi connectivity index (χ1v) is 18.8. The summed E-state index contributed by atoms with van der Waals surface area (Å²) in [5, 5.41) is 4.53. The summed E-state index contributed by atoms with van der Waals surface area (Å²) in [5.74, 6) is 1.84. The first kappa shape index (κ1) is 31.9. The van der Waals surface area contributed by atoms with Gasteiger partial charge < -0.3 is 8.98 Å². The van der Waals surface area contributed by atoms with Crippen LogP contribution in [0.5, 0.6) is 0 Å². The van der Waals surface area contributed by atoms with Crippen molar-refractivity contribution in [3.8, 4) is 62.1 Å². The van der Waals surface area contributed by atoms with Gasteiger partial charge in [-0.1, -0.05) is 152 Å². The van der Waals surface area contributed by atoms with Gasteiger partial charge in [-0.05, 0) is 58.7 Å². The number of benzene rings is 8. The lowest BCUT2D eigenvalue weighted by atomic mass is 9.96. The molecule has 0 radical (unpaired) electrons. The van der Waals surface area contributed by atoms with E-state index in [2.05, 4.69) is 150 Å². The van der Waals surface area contributed by atoms with E-state index in [0.717, 1.165) is 88.4 Å². The Morgan fingerprint density at radius 1 is 0.339 bits per heavy atom. The predicted molar refractivity (Wildman–Crippen MR) is 229 cm³/mol. The highest BCUT2D eigenvalue weighted by atomic mass is 16.3. The molecule has 0 aliphatic rings. The van der Waals surface area contributed by atoms with Crippen molar-refractivity contribution in [2.45, 2.75) is 0 Å².